The number of carbonyl (C=O) groups excluding carboxylic acids is 1. The first-order valence-corrected chi connectivity index (χ1v) is 3.99. The van der Waals surface area contributed by atoms with Crippen LogP contribution in [0.15, 0.2) is 29.5 Å². The summed E-state index contributed by atoms with van der Waals surface area (Å²) in [5.74, 6) is -0.508. The third-order valence-corrected chi connectivity index (χ3v) is 1.86. The number of hydrogen-bond donors (Lipinski definition) is 2. The highest BCUT2D eigenvalue weighted by Gasteiger charge is 2.26. The molecule has 1 aliphatic rings. The lowest BCUT2D eigenvalue weighted by molar-refractivity contribution is -0.143. The lowest BCUT2D eigenvalue weighted by atomic mass is 9.94. The van der Waals surface area contributed by atoms with E-state index in [9.17, 15) is 9.90 Å². The van der Waals surface area contributed by atoms with E-state index in [0.717, 1.165) is 0 Å². The molecular weight excluding hydrogens is 186 g/mol. The number of allylic oxidation sites excluding steroid dienone is 2. The van der Waals surface area contributed by atoms with Crippen LogP contribution in [0, 0.1) is 0 Å². The average molecular weight is 197 g/mol. The Kier molecular flexibility index (Phi) is 3.03. The van der Waals surface area contributed by atoms with Crippen molar-refractivity contribution in [2.45, 2.75) is 12.0 Å². The van der Waals surface area contributed by atoms with Crippen LogP contribution in [0.1, 0.15) is 6.42 Å². The second-order valence-electron chi connectivity index (χ2n) is 2.94. The first-order valence-electron chi connectivity index (χ1n) is 3.99. The third kappa shape index (κ3) is 2.43. The number of esters is 1. The van der Waals surface area contributed by atoms with Crippen LogP contribution in [0.4, 0.5) is 0 Å². The molecule has 0 aromatic carbocycles. The quantitative estimate of drug-likeness (QED) is 0.377. The van der Waals surface area contributed by atoms with Crippen molar-refractivity contribution < 1.29 is 19.8 Å². The average Bonchev–Trinajstić information content (AvgIpc) is 2.18. The predicted molar refractivity (Wildman–Crippen MR) is 49.1 cm³/mol. The molecule has 1 aliphatic carbocycles. The molecule has 0 atom stereocenters. The van der Waals surface area contributed by atoms with E-state index in [-0.39, 0.29) is 6.42 Å². The normalized spacial score (nSPS) is 24.9. The second-order valence-corrected chi connectivity index (χ2v) is 2.94. The molecule has 0 fully saturated rings. The number of hydrogen-bond acceptors (Lipinski definition) is 5. The van der Waals surface area contributed by atoms with Crippen molar-refractivity contribution >= 4 is 11.7 Å². The lowest BCUT2D eigenvalue weighted by Gasteiger charge is -2.21. The van der Waals surface area contributed by atoms with Crippen LogP contribution in [0.2, 0.25) is 0 Å². The van der Waals surface area contributed by atoms with Gasteiger partial charge in [-0.2, -0.15) is 0 Å². The van der Waals surface area contributed by atoms with Gasteiger partial charge in [-0.25, -0.2) is 0 Å². The van der Waals surface area contributed by atoms with E-state index in [0.29, 0.717) is 5.71 Å². The van der Waals surface area contributed by atoms with Gasteiger partial charge in [0.2, 0.25) is 0 Å². The summed E-state index contributed by atoms with van der Waals surface area (Å²) in [4.78, 5) is 10.9. The Morgan fingerprint density at radius 3 is 2.57 bits per heavy atom. The highest BCUT2D eigenvalue weighted by molar-refractivity contribution is 6.05. The van der Waals surface area contributed by atoms with E-state index in [1.807, 2.05) is 0 Å². The molecule has 0 bridgehead atoms. The summed E-state index contributed by atoms with van der Waals surface area (Å²) in [7, 11) is 1.25. The second kappa shape index (κ2) is 4.06. The Hall–Kier alpha value is -1.62. The molecule has 14 heavy (non-hydrogen) atoms. The standard InChI is InChI=1S/C9H11NO4/c1-14-8(11)6-9(12)4-2-7(10-13)3-5-9/h2-5,12-13H,6H2,1H3. The van der Waals surface area contributed by atoms with Crippen molar-refractivity contribution in [3.8, 4) is 0 Å². The largest absolute Gasteiger partial charge is 0.469 e. The first kappa shape index (κ1) is 10.5. The molecule has 0 radical (unpaired) electrons. The third-order valence-electron chi connectivity index (χ3n) is 1.86. The molecule has 0 spiro atoms. The Morgan fingerprint density at radius 2 is 2.14 bits per heavy atom. The molecule has 5 heteroatoms. The molecule has 0 saturated heterocycles. The molecule has 2 N–H and O–H groups in total. The van der Waals surface area contributed by atoms with Crippen LogP contribution in [0.3, 0.4) is 0 Å². The van der Waals surface area contributed by atoms with Crippen LogP contribution in [-0.2, 0) is 9.53 Å². The van der Waals surface area contributed by atoms with Gasteiger partial charge in [0, 0.05) is 0 Å². The zero-order chi connectivity index (χ0) is 10.6. The van der Waals surface area contributed by atoms with Crippen LogP contribution in [0.5, 0.6) is 0 Å². The van der Waals surface area contributed by atoms with Crippen LogP contribution in [-0.4, -0.2) is 34.7 Å². The maximum Gasteiger partial charge on any atom is 0.309 e. The summed E-state index contributed by atoms with van der Waals surface area (Å²) in [6, 6.07) is 0. The van der Waals surface area contributed by atoms with Gasteiger partial charge in [-0.05, 0) is 24.3 Å². The SMILES string of the molecule is COC(=O)CC1(O)C=CC(=NO)C=C1. The predicted octanol–water partition coefficient (Wildman–Crippen LogP) is 0.237. The smallest absolute Gasteiger partial charge is 0.309 e. The van der Waals surface area contributed by atoms with Gasteiger partial charge in [0.25, 0.3) is 0 Å². The molecule has 5 nitrogen and oxygen atoms in total. The monoisotopic (exact) mass is 197 g/mol. The number of rotatable bonds is 2. The molecule has 0 amide bonds. The van der Waals surface area contributed by atoms with Gasteiger partial charge in [0.05, 0.1) is 13.5 Å². The number of ether oxygens (including phenoxy) is 1. The van der Waals surface area contributed by atoms with Gasteiger partial charge in [-0.1, -0.05) is 5.16 Å². The minimum absolute atomic E-state index is 0.158. The number of carbonyl (C=O) groups is 1. The van der Waals surface area contributed by atoms with E-state index >= 15 is 0 Å². The van der Waals surface area contributed by atoms with Crippen molar-refractivity contribution in [2.75, 3.05) is 7.11 Å². The Balaban J connectivity index is 2.71. The minimum atomic E-state index is -1.35. The zero-order valence-electron chi connectivity index (χ0n) is 7.67. The fourth-order valence-corrected chi connectivity index (χ4v) is 1.06. The van der Waals surface area contributed by atoms with Gasteiger partial charge >= 0.3 is 5.97 Å². The molecule has 0 unspecified atom stereocenters. The summed E-state index contributed by atoms with van der Waals surface area (Å²) >= 11 is 0. The van der Waals surface area contributed by atoms with Crippen molar-refractivity contribution in [3.05, 3.63) is 24.3 Å². The summed E-state index contributed by atoms with van der Waals surface area (Å²) in [6.45, 7) is 0. The van der Waals surface area contributed by atoms with Crippen molar-refractivity contribution in [2.24, 2.45) is 5.16 Å². The summed E-state index contributed by atoms with van der Waals surface area (Å²) in [6.07, 6.45) is 5.43. The molecule has 0 aromatic heterocycles. The van der Waals surface area contributed by atoms with Crippen LogP contribution >= 0.6 is 0 Å². The maximum atomic E-state index is 10.9. The molecule has 0 heterocycles. The van der Waals surface area contributed by atoms with E-state index in [4.69, 9.17) is 5.21 Å². The van der Waals surface area contributed by atoms with Crippen LogP contribution in [0.25, 0.3) is 0 Å². The molecule has 76 valence electrons. The summed E-state index contributed by atoms with van der Waals surface area (Å²) < 4.78 is 4.42. The summed E-state index contributed by atoms with van der Waals surface area (Å²) in [5, 5.41) is 21.1. The van der Waals surface area contributed by atoms with E-state index in [1.54, 1.807) is 0 Å². The van der Waals surface area contributed by atoms with Gasteiger partial charge in [-0.3, -0.25) is 4.79 Å². The van der Waals surface area contributed by atoms with Crippen LogP contribution < -0.4 is 0 Å². The molecule has 1 rings (SSSR count). The lowest BCUT2D eigenvalue weighted by Crippen LogP contribution is -2.29. The van der Waals surface area contributed by atoms with E-state index in [2.05, 4.69) is 9.89 Å². The van der Waals surface area contributed by atoms with Crippen molar-refractivity contribution in [1.82, 2.24) is 0 Å². The van der Waals surface area contributed by atoms with E-state index in [1.165, 1.54) is 31.4 Å². The molecular formula is C9H11NO4. The topological polar surface area (TPSA) is 79.1 Å². The van der Waals surface area contributed by atoms with Gasteiger partial charge < -0.3 is 15.1 Å². The molecule has 0 saturated carbocycles. The van der Waals surface area contributed by atoms with Gasteiger partial charge in [-0.15, -0.1) is 0 Å². The number of methoxy groups -OCH3 is 1. The fraction of sp³-hybridized carbons (Fsp3) is 0.333. The zero-order valence-corrected chi connectivity index (χ0v) is 7.67. The van der Waals surface area contributed by atoms with Gasteiger partial charge in [0.15, 0.2) is 0 Å². The number of oxime groups is 1. The van der Waals surface area contributed by atoms with Crippen molar-refractivity contribution in [3.63, 3.8) is 0 Å². The Labute approximate surface area is 81.0 Å². The Bertz CT molecular complexity index is 301. The Morgan fingerprint density at radius 1 is 1.57 bits per heavy atom. The molecule has 0 aliphatic heterocycles. The first-order chi connectivity index (χ1) is 6.59. The highest BCUT2D eigenvalue weighted by Crippen LogP contribution is 2.18. The van der Waals surface area contributed by atoms with Gasteiger partial charge in [0.1, 0.15) is 11.3 Å². The number of nitrogens with zero attached hydrogens (tertiary/aromatic N) is 1. The van der Waals surface area contributed by atoms with Crippen molar-refractivity contribution in [1.29, 1.82) is 0 Å². The highest BCUT2D eigenvalue weighted by atomic mass is 16.5. The minimum Gasteiger partial charge on any atom is -0.469 e. The molecule has 0 aromatic rings. The van der Waals surface area contributed by atoms with E-state index < -0.39 is 11.6 Å². The number of aliphatic hydroxyl groups is 1. The fourth-order valence-electron chi connectivity index (χ4n) is 1.06. The summed E-state index contributed by atoms with van der Waals surface area (Å²) in [5.41, 5.74) is -1.03. The maximum absolute atomic E-state index is 10.9.